The van der Waals surface area contributed by atoms with Gasteiger partial charge in [0.2, 0.25) is 0 Å². The molecular formula is C25H29NO4. The number of hydrogen-bond donors (Lipinski definition) is 1. The molecule has 0 saturated carbocycles. The van der Waals surface area contributed by atoms with Crippen molar-refractivity contribution in [2.75, 3.05) is 32.8 Å². The van der Waals surface area contributed by atoms with Gasteiger partial charge in [0.25, 0.3) is 0 Å². The number of nitrogens with zero attached hydrogens (tertiary/aromatic N) is 1. The van der Waals surface area contributed by atoms with Crippen LogP contribution in [0.25, 0.3) is 5.57 Å². The number of aliphatic hydroxyl groups is 1. The average Bonchev–Trinajstić information content (AvgIpc) is 3.31. The molecule has 2 heterocycles. The Balaban J connectivity index is 1.53. The van der Waals surface area contributed by atoms with E-state index in [9.17, 15) is 9.90 Å². The van der Waals surface area contributed by atoms with Crippen molar-refractivity contribution in [3.05, 3.63) is 66.2 Å². The molecule has 4 rings (SSSR count). The molecule has 0 radical (unpaired) electrons. The first kappa shape index (κ1) is 20.6. The SMILES string of the molecule is C=C(C(=O)CC(CN1CCCC1)C(O)c1ccc2c(c1)OCCO2)c1ccccc1. The third kappa shape index (κ3) is 4.74. The smallest absolute Gasteiger partial charge is 0.163 e. The summed E-state index contributed by atoms with van der Waals surface area (Å²) >= 11 is 0. The van der Waals surface area contributed by atoms with Crippen molar-refractivity contribution < 1.29 is 19.4 Å². The van der Waals surface area contributed by atoms with Crippen LogP contribution in [0.4, 0.5) is 0 Å². The first-order valence-electron chi connectivity index (χ1n) is 10.7. The van der Waals surface area contributed by atoms with Gasteiger partial charge in [0.05, 0.1) is 6.10 Å². The highest BCUT2D eigenvalue weighted by atomic mass is 16.6. The van der Waals surface area contributed by atoms with Gasteiger partial charge >= 0.3 is 0 Å². The normalized spacial score (nSPS) is 18.0. The van der Waals surface area contributed by atoms with Crippen molar-refractivity contribution in [2.24, 2.45) is 5.92 Å². The number of Topliss-reactive ketones (excluding diaryl/α,β-unsaturated/α-hetero) is 1. The number of fused-ring (bicyclic) bond motifs is 1. The molecule has 0 bridgehead atoms. The molecule has 2 aliphatic heterocycles. The average molecular weight is 408 g/mol. The number of benzene rings is 2. The highest BCUT2D eigenvalue weighted by Crippen LogP contribution is 2.36. The summed E-state index contributed by atoms with van der Waals surface area (Å²) in [6.45, 7) is 7.76. The zero-order chi connectivity index (χ0) is 20.9. The third-order valence-corrected chi connectivity index (χ3v) is 5.95. The lowest BCUT2D eigenvalue weighted by molar-refractivity contribution is -0.115. The van der Waals surface area contributed by atoms with Crippen LogP contribution in [0.3, 0.4) is 0 Å². The molecular weight excluding hydrogens is 378 g/mol. The summed E-state index contributed by atoms with van der Waals surface area (Å²) in [5, 5.41) is 11.2. The monoisotopic (exact) mass is 407 g/mol. The zero-order valence-electron chi connectivity index (χ0n) is 17.3. The van der Waals surface area contributed by atoms with Gasteiger partial charge in [-0.05, 0) is 49.2 Å². The van der Waals surface area contributed by atoms with Crippen molar-refractivity contribution in [2.45, 2.75) is 25.4 Å². The van der Waals surface area contributed by atoms with Crippen LogP contribution in [0.15, 0.2) is 55.1 Å². The Bertz CT molecular complexity index is 889. The van der Waals surface area contributed by atoms with Gasteiger partial charge in [-0.3, -0.25) is 4.79 Å². The Kier molecular flexibility index (Phi) is 6.50. The fourth-order valence-corrected chi connectivity index (χ4v) is 4.25. The molecule has 0 aliphatic carbocycles. The molecule has 1 N–H and O–H groups in total. The molecule has 30 heavy (non-hydrogen) atoms. The van der Waals surface area contributed by atoms with Crippen LogP contribution in [0.2, 0.25) is 0 Å². The van der Waals surface area contributed by atoms with Crippen molar-refractivity contribution in [3.8, 4) is 11.5 Å². The number of likely N-dealkylation sites (tertiary alicyclic amines) is 1. The van der Waals surface area contributed by atoms with E-state index in [0.717, 1.165) is 37.1 Å². The van der Waals surface area contributed by atoms with Crippen molar-refractivity contribution >= 4 is 11.4 Å². The van der Waals surface area contributed by atoms with E-state index in [-0.39, 0.29) is 18.1 Å². The molecule has 1 saturated heterocycles. The second-order valence-electron chi connectivity index (χ2n) is 8.09. The number of carbonyl (C=O) groups is 1. The maximum Gasteiger partial charge on any atom is 0.163 e. The summed E-state index contributed by atoms with van der Waals surface area (Å²) in [7, 11) is 0. The van der Waals surface area contributed by atoms with Crippen LogP contribution in [0.5, 0.6) is 11.5 Å². The van der Waals surface area contributed by atoms with Gasteiger partial charge < -0.3 is 19.5 Å². The van der Waals surface area contributed by atoms with E-state index in [1.54, 1.807) is 0 Å². The first-order valence-corrected chi connectivity index (χ1v) is 10.7. The maximum absolute atomic E-state index is 13.0. The quantitative estimate of drug-likeness (QED) is 0.673. The minimum Gasteiger partial charge on any atom is -0.486 e. The maximum atomic E-state index is 13.0. The summed E-state index contributed by atoms with van der Waals surface area (Å²) in [4.78, 5) is 15.4. The summed E-state index contributed by atoms with van der Waals surface area (Å²) in [5.41, 5.74) is 2.08. The number of allylic oxidation sites excluding steroid dienone is 1. The van der Waals surface area contributed by atoms with Crippen molar-refractivity contribution in [1.82, 2.24) is 4.90 Å². The van der Waals surface area contributed by atoms with Crippen LogP contribution < -0.4 is 9.47 Å². The molecule has 1 fully saturated rings. The highest BCUT2D eigenvalue weighted by Gasteiger charge is 2.29. The van der Waals surface area contributed by atoms with Crippen LogP contribution in [-0.4, -0.2) is 48.6 Å². The Hall–Kier alpha value is -2.63. The van der Waals surface area contributed by atoms with Crippen LogP contribution in [0, 0.1) is 5.92 Å². The largest absolute Gasteiger partial charge is 0.486 e. The van der Waals surface area contributed by atoms with Gasteiger partial charge in [-0.15, -0.1) is 0 Å². The number of hydrogen-bond acceptors (Lipinski definition) is 5. The summed E-state index contributed by atoms with van der Waals surface area (Å²) in [6.07, 6.45) is 1.81. The van der Waals surface area contributed by atoms with E-state index >= 15 is 0 Å². The molecule has 2 aromatic carbocycles. The molecule has 2 aromatic rings. The second kappa shape index (κ2) is 9.45. The summed E-state index contributed by atoms with van der Waals surface area (Å²) < 4.78 is 11.3. The van der Waals surface area contributed by atoms with Crippen molar-refractivity contribution in [3.63, 3.8) is 0 Å². The molecule has 5 nitrogen and oxygen atoms in total. The van der Waals surface area contributed by atoms with Gasteiger partial charge in [-0.25, -0.2) is 0 Å². The topological polar surface area (TPSA) is 59.0 Å². The van der Waals surface area contributed by atoms with Crippen LogP contribution in [0.1, 0.15) is 36.5 Å². The molecule has 0 amide bonds. The molecule has 2 atom stereocenters. The molecule has 5 heteroatoms. The third-order valence-electron chi connectivity index (χ3n) is 5.95. The number of ketones is 1. The fraction of sp³-hybridized carbons (Fsp3) is 0.400. The Morgan fingerprint density at radius 3 is 2.47 bits per heavy atom. The molecule has 0 spiro atoms. The lowest BCUT2D eigenvalue weighted by Crippen LogP contribution is -2.32. The van der Waals surface area contributed by atoms with Crippen molar-refractivity contribution in [1.29, 1.82) is 0 Å². The van der Waals surface area contributed by atoms with E-state index < -0.39 is 6.10 Å². The Morgan fingerprint density at radius 2 is 1.73 bits per heavy atom. The minimum absolute atomic E-state index is 0.0259. The fourth-order valence-electron chi connectivity index (χ4n) is 4.25. The number of ether oxygens (including phenoxy) is 2. The van der Waals surface area contributed by atoms with E-state index in [2.05, 4.69) is 11.5 Å². The van der Waals surface area contributed by atoms with E-state index in [1.807, 2.05) is 48.5 Å². The zero-order valence-corrected chi connectivity index (χ0v) is 17.3. The first-order chi connectivity index (χ1) is 14.6. The van der Waals surface area contributed by atoms with Gasteiger partial charge in [-0.1, -0.05) is 43.0 Å². The number of carbonyl (C=O) groups excluding carboxylic acids is 1. The molecule has 2 aliphatic rings. The van der Waals surface area contributed by atoms with Crippen LogP contribution >= 0.6 is 0 Å². The Morgan fingerprint density at radius 1 is 1.03 bits per heavy atom. The van der Waals surface area contributed by atoms with Gasteiger partial charge in [-0.2, -0.15) is 0 Å². The predicted octanol–water partition coefficient (Wildman–Crippen LogP) is 3.88. The number of rotatable bonds is 8. The van der Waals surface area contributed by atoms with Gasteiger partial charge in [0, 0.05) is 24.5 Å². The van der Waals surface area contributed by atoms with Crippen LogP contribution in [-0.2, 0) is 4.79 Å². The highest BCUT2D eigenvalue weighted by molar-refractivity contribution is 6.20. The van der Waals surface area contributed by atoms with E-state index in [4.69, 9.17) is 9.47 Å². The van der Waals surface area contributed by atoms with E-state index in [0.29, 0.717) is 36.8 Å². The van der Waals surface area contributed by atoms with Gasteiger partial charge in [0.15, 0.2) is 17.3 Å². The predicted molar refractivity (Wildman–Crippen MR) is 117 cm³/mol. The standard InChI is InChI=1S/C25H29NO4/c1-18(19-7-3-2-4-8-19)22(27)15-21(17-26-11-5-6-12-26)25(28)20-9-10-23-24(16-20)30-14-13-29-23/h2-4,7-10,16,21,25,28H,1,5-6,11-15,17H2. The minimum atomic E-state index is -0.769. The summed E-state index contributed by atoms with van der Waals surface area (Å²) in [6, 6.07) is 15.1. The molecule has 0 aromatic heterocycles. The number of aliphatic hydroxyl groups excluding tert-OH is 1. The lowest BCUT2D eigenvalue weighted by atomic mass is 9.87. The van der Waals surface area contributed by atoms with E-state index in [1.165, 1.54) is 0 Å². The van der Waals surface area contributed by atoms with Gasteiger partial charge in [0.1, 0.15) is 13.2 Å². The summed E-state index contributed by atoms with van der Waals surface area (Å²) in [5.74, 6) is 1.10. The lowest BCUT2D eigenvalue weighted by Gasteiger charge is -2.28. The second-order valence-corrected chi connectivity index (χ2v) is 8.09. The Labute approximate surface area is 177 Å². The molecule has 158 valence electrons. The molecule has 2 unspecified atom stereocenters.